The lowest BCUT2D eigenvalue weighted by molar-refractivity contribution is 0.834. The van der Waals surface area contributed by atoms with E-state index in [1.165, 1.54) is 21.9 Å². The van der Waals surface area contributed by atoms with Crippen molar-refractivity contribution in [1.29, 1.82) is 0 Å². The molecule has 2 heterocycles. The Morgan fingerprint density at radius 1 is 1.64 bits per heavy atom. The third-order valence-corrected chi connectivity index (χ3v) is 2.74. The molecule has 0 spiro atoms. The molecule has 0 unspecified atom stereocenters. The van der Waals surface area contributed by atoms with E-state index in [0.29, 0.717) is 17.9 Å². The highest BCUT2D eigenvalue weighted by molar-refractivity contribution is 7.16. The molecule has 2 rings (SSSR count). The molecule has 0 fully saturated rings. The summed E-state index contributed by atoms with van der Waals surface area (Å²) in [6.07, 6.45) is 0.687. The lowest BCUT2D eigenvalue weighted by Gasteiger charge is -1.89. The van der Waals surface area contributed by atoms with Crippen molar-refractivity contribution in [3.8, 4) is 0 Å². The van der Waals surface area contributed by atoms with Crippen molar-refractivity contribution < 1.29 is 0 Å². The van der Waals surface area contributed by atoms with Gasteiger partial charge in [0.05, 0.1) is 0 Å². The molecule has 0 bridgehead atoms. The lowest BCUT2D eigenvalue weighted by Crippen LogP contribution is -2.14. The molecule has 2 aromatic heterocycles. The van der Waals surface area contributed by atoms with Gasteiger partial charge in [-0.15, -0.1) is 0 Å². The van der Waals surface area contributed by atoms with Gasteiger partial charge in [0, 0.05) is 18.2 Å². The molecule has 0 radical (unpaired) electrons. The fourth-order valence-corrected chi connectivity index (χ4v) is 2.14. The first-order valence-corrected chi connectivity index (χ1v) is 5.09. The van der Waals surface area contributed by atoms with Crippen molar-refractivity contribution >= 4 is 16.3 Å². The Labute approximate surface area is 84.2 Å². The minimum absolute atomic E-state index is 0.132. The largest absolute Gasteiger partial charge is 0.330 e. The number of nitrogens with zero attached hydrogens (tertiary/aromatic N) is 3. The topological polar surface area (TPSA) is 73.3 Å². The van der Waals surface area contributed by atoms with Gasteiger partial charge in [-0.25, -0.2) is 4.98 Å². The number of hydrogen-bond donors (Lipinski definition) is 1. The normalized spacial score (nSPS) is 11.0. The summed E-state index contributed by atoms with van der Waals surface area (Å²) in [5.41, 5.74) is 6.00. The molecule has 0 atom stereocenters. The summed E-state index contributed by atoms with van der Waals surface area (Å²) < 4.78 is 1.32. The Hall–Kier alpha value is -1.27. The Kier molecular flexibility index (Phi) is 2.30. The molecule has 6 heteroatoms. The van der Waals surface area contributed by atoms with Crippen molar-refractivity contribution in [3.05, 3.63) is 27.1 Å². The molecule has 0 aliphatic heterocycles. The zero-order valence-corrected chi connectivity index (χ0v) is 8.54. The molecule has 0 aliphatic rings. The van der Waals surface area contributed by atoms with Crippen LogP contribution in [-0.2, 0) is 6.42 Å². The van der Waals surface area contributed by atoms with E-state index >= 15 is 0 Å². The fourth-order valence-electron chi connectivity index (χ4n) is 1.18. The first-order valence-electron chi connectivity index (χ1n) is 4.27. The molecule has 0 aliphatic carbocycles. The average Bonchev–Trinajstić information content (AvgIpc) is 2.48. The third kappa shape index (κ3) is 1.53. The molecule has 0 saturated carbocycles. The summed E-state index contributed by atoms with van der Waals surface area (Å²) in [6, 6.07) is 1.47. The van der Waals surface area contributed by atoms with Gasteiger partial charge in [-0.3, -0.25) is 4.79 Å². The number of aromatic nitrogens is 3. The molecular weight excluding hydrogens is 200 g/mol. The van der Waals surface area contributed by atoms with Crippen LogP contribution in [0.4, 0.5) is 0 Å². The highest BCUT2D eigenvalue weighted by atomic mass is 32.1. The van der Waals surface area contributed by atoms with Crippen LogP contribution >= 0.6 is 11.3 Å². The Morgan fingerprint density at radius 3 is 3.14 bits per heavy atom. The Bertz CT molecular complexity index is 516. The van der Waals surface area contributed by atoms with Gasteiger partial charge in [-0.05, 0) is 13.5 Å². The fraction of sp³-hybridized carbons (Fsp3) is 0.375. The molecule has 2 N–H and O–H groups in total. The van der Waals surface area contributed by atoms with E-state index < -0.39 is 0 Å². The number of fused-ring (bicyclic) bond motifs is 1. The van der Waals surface area contributed by atoms with Crippen LogP contribution in [0.15, 0.2) is 10.9 Å². The van der Waals surface area contributed by atoms with E-state index in [2.05, 4.69) is 10.1 Å². The smallest absolute Gasteiger partial charge is 0.275 e. The summed E-state index contributed by atoms with van der Waals surface area (Å²) in [5, 5.41) is 4.97. The lowest BCUT2D eigenvalue weighted by atomic mass is 10.5. The standard InChI is InChI=1S/C8H10N4OS/c1-5-4-7(13)12-8(10-5)14-6(11-12)2-3-9/h4H,2-3,9H2,1H3. The molecule has 0 saturated heterocycles. The SMILES string of the molecule is Cc1cc(=O)n2nc(CCN)sc2n1. The van der Waals surface area contributed by atoms with Gasteiger partial charge < -0.3 is 5.73 Å². The van der Waals surface area contributed by atoms with Crippen LogP contribution in [0.25, 0.3) is 4.96 Å². The first-order chi connectivity index (χ1) is 6.70. The van der Waals surface area contributed by atoms with Crippen molar-refractivity contribution in [1.82, 2.24) is 14.6 Å². The summed E-state index contributed by atoms with van der Waals surface area (Å²) in [7, 11) is 0. The van der Waals surface area contributed by atoms with Crippen LogP contribution in [0.1, 0.15) is 10.7 Å². The molecule has 0 amide bonds. The minimum atomic E-state index is -0.132. The van der Waals surface area contributed by atoms with Crippen LogP contribution in [0, 0.1) is 6.92 Å². The van der Waals surface area contributed by atoms with Crippen LogP contribution in [-0.4, -0.2) is 21.1 Å². The third-order valence-electron chi connectivity index (χ3n) is 1.77. The van der Waals surface area contributed by atoms with E-state index in [1.54, 1.807) is 6.92 Å². The average molecular weight is 210 g/mol. The number of nitrogens with two attached hydrogens (primary N) is 1. The predicted octanol–water partition coefficient (Wildman–Crippen LogP) is -0.0394. The second-order valence-corrected chi connectivity index (χ2v) is 4.01. The number of aryl methyl sites for hydroxylation is 1. The van der Waals surface area contributed by atoms with E-state index in [9.17, 15) is 4.79 Å². The van der Waals surface area contributed by atoms with E-state index in [0.717, 1.165) is 10.7 Å². The molecule has 5 nitrogen and oxygen atoms in total. The van der Waals surface area contributed by atoms with Gasteiger partial charge in [-0.1, -0.05) is 11.3 Å². The maximum Gasteiger partial charge on any atom is 0.275 e. The molecule has 14 heavy (non-hydrogen) atoms. The van der Waals surface area contributed by atoms with Gasteiger partial charge in [0.1, 0.15) is 5.01 Å². The Balaban J connectivity index is 2.65. The highest BCUT2D eigenvalue weighted by Gasteiger charge is 2.06. The van der Waals surface area contributed by atoms with Crippen molar-refractivity contribution in [2.75, 3.05) is 6.54 Å². The van der Waals surface area contributed by atoms with Gasteiger partial charge in [0.15, 0.2) is 0 Å². The Morgan fingerprint density at radius 2 is 2.43 bits per heavy atom. The van der Waals surface area contributed by atoms with Crippen LogP contribution in [0.5, 0.6) is 0 Å². The van der Waals surface area contributed by atoms with E-state index in [1.807, 2.05) is 0 Å². The van der Waals surface area contributed by atoms with Crippen molar-refractivity contribution in [3.63, 3.8) is 0 Å². The second-order valence-electron chi connectivity index (χ2n) is 2.96. The van der Waals surface area contributed by atoms with Gasteiger partial charge in [-0.2, -0.15) is 9.61 Å². The van der Waals surface area contributed by atoms with E-state index in [4.69, 9.17) is 5.73 Å². The van der Waals surface area contributed by atoms with Crippen LogP contribution < -0.4 is 11.3 Å². The number of hydrogen-bond acceptors (Lipinski definition) is 5. The zero-order valence-electron chi connectivity index (χ0n) is 7.73. The minimum Gasteiger partial charge on any atom is -0.330 e. The van der Waals surface area contributed by atoms with Crippen molar-refractivity contribution in [2.24, 2.45) is 5.73 Å². The first kappa shape index (κ1) is 9.29. The molecule has 0 aromatic carbocycles. The van der Waals surface area contributed by atoms with Gasteiger partial charge >= 0.3 is 0 Å². The highest BCUT2D eigenvalue weighted by Crippen LogP contribution is 2.10. The van der Waals surface area contributed by atoms with Crippen LogP contribution in [0.3, 0.4) is 0 Å². The zero-order chi connectivity index (χ0) is 10.1. The molecular formula is C8H10N4OS. The second kappa shape index (κ2) is 3.47. The molecule has 74 valence electrons. The summed E-state index contributed by atoms with van der Waals surface area (Å²) in [4.78, 5) is 16.3. The maximum absolute atomic E-state index is 11.5. The predicted molar refractivity (Wildman–Crippen MR) is 54.6 cm³/mol. The van der Waals surface area contributed by atoms with Gasteiger partial charge in [0.25, 0.3) is 5.56 Å². The van der Waals surface area contributed by atoms with Crippen molar-refractivity contribution in [2.45, 2.75) is 13.3 Å². The summed E-state index contributed by atoms with van der Waals surface area (Å²) in [5.74, 6) is 0. The monoisotopic (exact) mass is 210 g/mol. The van der Waals surface area contributed by atoms with Crippen LogP contribution in [0.2, 0.25) is 0 Å². The van der Waals surface area contributed by atoms with Gasteiger partial charge in [0.2, 0.25) is 4.96 Å². The summed E-state index contributed by atoms with van der Waals surface area (Å²) >= 11 is 1.41. The molecule has 2 aromatic rings. The quantitative estimate of drug-likeness (QED) is 0.755. The summed E-state index contributed by atoms with van der Waals surface area (Å²) in [6.45, 7) is 2.33. The maximum atomic E-state index is 11.5. The van der Waals surface area contributed by atoms with E-state index in [-0.39, 0.29) is 5.56 Å². The number of rotatable bonds is 2.